The van der Waals surface area contributed by atoms with Crippen molar-refractivity contribution in [2.45, 2.75) is 45.6 Å². The number of nitrogens with one attached hydrogen (secondary N) is 2. The maximum Gasteiger partial charge on any atom is 0.337 e. The summed E-state index contributed by atoms with van der Waals surface area (Å²) >= 11 is 3.26. The molecule has 0 saturated carbocycles. The van der Waals surface area contributed by atoms with Gasteiger partial charge in [0.15, 0.2) is 0 Å². The van der Waals surface area contributed by atoms with E-state index in [1.54, 1.807) is 12.1 Å². The van der Waals surface area contributed by atoms with Crippen molar-refractivity contribution in [2.75, 3.05) is 5.32 Å². The van der Waals surface area contributed by atoms with E-state index in [2.05, 4.69) is 33.5 Å². The third-order valence-electron chi connectivity index (χ3n) is 3.10. The van der Waals surface area contributed by atoms with Gasteiger partial charge in [0, 0.05) is 10.5 Å². The molecule has 1 aromatic rings. The Bertz CT molecular complexity index is 506. The van der Waals surface area contributed by atoms with Gasteiger partial charge < -0.3 is 15.7 Å². The molecule has 1 unspecified atom stereocenters. The van der Waals surface area contributed by atoms with Crippen LogP contribution in [0.4, 0.5) is 10.5 Å². The second-order valence-electron chi connectivity index (χ2n) is 4.96. The van der Waals surface area contributed by atoms with Gasteiger partial charge in [0.2, 0.25) is 0 Å². The zero-order valence-corrected chi connectivity index (χ0v) is 13.9. The lowest BCUT2D eigenvalue weighted by atomic mass is 10.1. The number of hydrogen-bond acceptors (Lipinski definition) is 2. The smallest absolute Gasteiger partial charge is 0.337 e. The van der Waals surface area contributed by atoms with Gasteiger partial charge in [0.25, 0.3) is 0 Å². The molecule has 0 aliphatic heterocycles. The van der Waals surface area contributed by atoms with E-state index in [0.29, 0.717) is 4.47 Å². The van der Waals surface area contributed by atoms with Crippen molar-refractivity contribution in [3.63, 3.8) is 0 Å². The number of unbranched alkanes of at least 4 members (excludes halogenated alkanes) is 2. The fourth-order valence-electron chi connectivity index (χ4n) is 1.98. The van der Waals surface area contributed by atoms with Gasteiger partial charge in [-0.2, -0.15) is 0 Å². The third kappa shape index (κ3) is 5.75. The predicted molar refractivity (Wildman–Crippen MR) is 86.9 cm³/mol. The van der Waals surface area contributed by atoms with Gasteiger partial charge in [-0.1, -0.05) is 32.3 Å². The Hall–Kier alpha value is -1.56. The SMILES string of the molecule is CCCCCC(C)NC(=O)Nc1c(Br)cccc1C(=O)O. The molecule has 3 N–H and O–H groups in total. The lowest BCUT2D eigenvalue weighted by Gasteiger charge is -2.16. The first kappa shape index (κ1) is 17.5. The summed E-state index contributed by atoms with van der Waals surface area (Å²) in [5, 5.41) is 14.6. The summed E-state index contributed by atoms with van der Waals surface area (Å²) in [6, 6.07) is 4.41. The molecule has 0 aliphatic carbocycles. The van der Waals surface area contributed by atoms with Gasteiger partial charge in [0.1, 0.15) is 0 Å². The number of hydrogen-bond donors (Lipinski definition) is 3. The van der Waals surface area contributed by atoms with Crippen LogP contribution in [0.1, 0.15) is 49.9 Å². The van der Waals surface area contributed by atoms with Crippen molar-refractivity contribution < 1.29 is 14.7 Å². The van der Waals surface area contributed by atoms with E-state index in [4.69, 9.17) is 5.11 Å². The number of aromatic carboxylic acids is 1. The van der Waals surface area contributed by atoms with Crippen LogP contribution in [-0.4, -0.2) is 23.1 Å². The summed E-state index contributed by atoms with van der Waals surface area (Å²) in [6.45, 7) is 4.07. The average molecular weight is 357 g/mol. The number of carboxylic acid groups (broad SMARTS) is 1. The molecule has 0 spiro atoms. The molecule has 0 fully saturated rings. The number of halogens is 1. The molecule has 0 aliphatic rings. The van der Waals surface area contributed by atoms with Crippen LogP contribution in [0.25, 0.3) is 0 Å². The first-order valence-corrected chi connectivity index (χ1v) is 7.84. The standard InChI is InChI=1S/C15H21BrN2O3/c1-3-4-5-7-10(2)17-15(21)18-13-11(14(19)20)8-6-9-12(13)16/h6,8-10H,3-5,7H2,1-2H3,(H,19,20)(H2,17,18,21). The monoisotopic (exact) mass is 356 g/mol. The van der Waals surface area contributed by atoms with Crippen molar-refractivity contribution in [1.82, 2.24) is 5.32 Å². The number of anilines is 1. The molecular formula is C15H21BrN2O3. The summed E-state index contributed by atoms with van der Waals surface area (Å²) in [4.78, 5) is 23.1. The van der Waals surface area contributed by atoms with Gasteiger partial charge in [-0.25, -0.2) is 9.59 Å². The normalized spacial score (nSPS) is 11.8. The number of carbonyl (C=O) groups is 2. The van der Waals surface area contributed by atoms with E-state index in [1.165, 1.54) is 6.07 Å². The maximum absolute atomic E-state index is 11.9. The molecule has 5 nitrogen and oxygen atoms in total. The minimum absolute atomic E-state index is 0.0484. The lowest BCUT2D eigenvalue weighted by Crippen LogP contribution is -2.36. The summed E-state index contributed by atoms with van der Waals surface area (Å²) in [5.74, 6) is -1.08. The van der Waals surface area contributed by atoms with Crippen molar-refractivity contribution in [3.05, 3.63) is 28.2 Å². The molecule has 21 heavy (non-hydrogen) atoms. The zero-order chi connectivity index (χ0) is 15.8. The molecule has 0 heterocycles. The predicted octanol–water partition coefficient (Wildman–Crippen LogP) is 4.24. The lowest BCUT2D eigenvalue weighted by molar-refractivity contribution is 0.0698. The van der Waals surface area contributed by atoms with E-state index in [1.807, 2.05) is 6.92 Å². The number of benzene rings is 1. The van der Waals surface area contributed by atoms with Gasteiger partial charge in [-0.3, -0.25) is 0 Å². The Kier molecular flexibility index (Phi) is 7.22. The summed E-state index contributed by atoms with van der Waals surface area (Å²) < 4.78 is 0.538. The molecule has 0 saturated heterocycles. The molecule has 6 heteroatoms. The van der Waals surface area contributed by atoms with E-state index in [0.717, 1.165) is 25.7 Å². The Morgan fingerprint density at radius 3 is 2.67 bits per heavy atom. The first-order chi connectivity index (χ1) is 9.95. The molecule has 1 atom stereocenters. The Labute approximate surface area is 133 Å². The average Bonchev–Trinajstić information content (AvgIpc) is 2.41. The number of para-hydroxylation sites is 1. The van der Waals surface area contributed by atoms with Crippen molar-refractivity contribution in [3.8, 4) is 0 Å². The fourth-order valence-corrected chi connectivity index (χ4v) is 2.44. The topological polar surface area (TPSA) is 78.4 Å². The van der Waals surface area contributed by atoms with Gasteiger partial charge in [-0.15, -0.1) is 0 Å². The second-order valence-corrected chi connectivity index (χ2v) is 5.82. The largest absolute Gasteiger partial charge is 0.478 e. The molecule has 0 aromatic heterocycles. The van der Waals surface area contributed by atoms with Crippen molar-refractivity contribution in [1.29, 1.82) is 0 Å². The quantitative estimate of drug-likeness (QED) is 0.639. The molecule has 2 amide bonds. The Morgan fingerprint density at radius 2 is 2.05 bits per heavy atom. The Morgan fingerprint density at radius 1 is 1.33 bits per heavy atom. The van der Waals surface area contributed by atoms with Crippen LogP contribution >= 0.6 is 15.9 Å². The van der Waals surface area contributed by atoms with Crippen LogP contribution in [0.3, 0.4) is 0 Å². The number of rotatable bonds is 7. The highest BCUT2D eigenvalue weighted by Gasteiger charge is 2.16. The summed E-state index contributed by atoms with van der Waals surface area (Å²) in [7, 11) is 0. The number of amides is 2. The van der Waals surface area contributed by atoms with E-state index in [9.17, 15) is 9.59 Å². The van der Waals surface area contributed by atoms with E-state index in [-0.39, 0.29) is 17.3 Å². The molecular weight excluding hydrogens is 336 g/mol. The second kappa shape index (κ2) is 8.67. The highest BCUT2D eigenvalue weighted by atomic mass is 79.9. The fraction of sp³-hybridized carbons (Fsp3) is 0.467. The number of carboxylic acids is 1. The minimum Gasteiger partial charge on any atom is -0.478 e. The Balaban J connectivity index is 2.65. The molecule has 116 valence electrons. The number of urea groups is 1. The van der Waals surface area contributed by atoms with Gasteiger partial charge in [-0.05, 0) is 41.4 Å². The third-order valence-corrected chi connectivity index (χ3v) is 3.76. The summed E-state index contributed by atoms with van der Waals surface area (Å²) in [6.07, 6.45) is 4.25. The van der Waals surface area contributed by atoms with Crippen LogP contribution in [0.2, 0.25) is 0 Å². The minimum atomic E-state index is -1.08. The van der Waals surface area contributed by atoms with Gasteiger partial charge >= 0.3 is 12.0 Å². The highest BCUT2D eigenvalue weighted by Crippen LogP contribution is 2.26. The highest BCUT2D eigenvalue weighted by molar-refractivity contribution is 9.10. The van der Waals surface area contributed by atoms with Crippen LogP contribution in [0, 0.1) is 0 Å². The molecule has 0 radical (unpaired) electrons. The first-order valence-electron chi connectivity index (χ1n) is 7.05. The van der Waals surface area contributed by atoms with E-state index >= 15 is 0 Å². The van der Waals surface area contributed by atoms with Crippen molar-refractivity contribution in [2.24, 2.45) is 0 Å². The maximum atomic E-state index is 11.9. The van der Waals surface area contributed by atoms with E-state index < -0.39 is 12.0 Å². The van der Waals surface area contributed by atoms with Crippen LogP contribution in [-0.2, 0) is 0 Å². The molecule has 1 aromatic carbocycles. The number of carbonyl (C=O) groups excluding carboxylic acids is 1. The van der Waals surface area contributed by atoms with Crippen LogP contribution in [0.5, 0.6) is 0 Å². The van der Waals surface area contributed by atoms with Gasteiger partial charge in [0.05, 0.1) is 11.3 Å². The zero-order valence-electron chi connectivity index (χ0n) is 12.3. The van der Waals surface area contributed by atoms with Crippen LogP contribution < -0.4 is 10.6 Å². The summed E-state index contributed by atoms with van der Waals surface area (Å²) in [5.41, 5.74) is 0.321. The van der Waals surface area contributed by atoms with Crippen LogP contribution in [0.15, 0.2) is 22.7 Å². The molecule has 0 bridgehead atoms. The van der Waals surface area contributed by atoms with Crippen molar-refractivity contribution >= 4 is 33.6 Å². The molecule has 1 rings (SSSR count).